The Hall–Kier alpha value is -3.32. The zero-order valence-corrected chi connectivity index (χ0v) is 18.3. The van der Waals surface area contributed by atoms with E-state index in [1.807, 2.05) is 30.0 Å². The number of carbonyl (C=O) groups excluding carboxylic acids is 1. The first-order chi connectivity index (χ1) is 15.5. The molecule has 5 rings (SSSR count). The Kier molecular flexibility index (Phi) is 5.35. The lowest BCUT2D eigenvalue weighted by atomic mass is 9.93. The average molecular weight is 450 g/mol. The highest BCUT2D eigenvalue weighted by Gasteiger charge is 2.27. The van der Waals surface area contributed by atoms with Gasteiger partial charge in [0, 0.05) is 35.8 Å². The van der Waals surface area contributed by atoms with Crippen molar-refractivity contribution >= 4 is 23.3 Å². The third kappa shape index (κ3) is 3.84. The standard InChI is InChI=1S/C24H21ClFN5O/c1-15-11-22(31-24(29-15)27-14-28-31)18-3-2-10-30(13-18)23(32)17-6-4-16(5-7-17)20-9-8-19(26)12-21(20)25/h4-9,11-12,14,18H,2-3,10,13H2,1H3. The molecule has 1 unspecified atom stereocenters. The van der Waals surface area contributed by atoms with Gasteiger partial charge in [-0.05, 0) is 61.7 Å². The Labute approximate surface area is 189 Å². The van der Waals surface area contributed by atoms with E-state index in [1.54, 1.807) is 22.7 Å². The molecule has 2 aromatic heterocycles. The fourth-order valence-electron chi connectivity index (χ4n) is 4.35. The highest BCUT2D eigenvalue weighted by atomic mass is 35.5. The van der Waals surface area contributed by atoms with Crippen LogP contribution < -0.4 is 0 Å². The summed E-state index contributed by atoms with van der Waals surface area (Å²) >= 11 is 6.18. The molecule has 1 atom stereocenters. The summed E-state index contributed by atoms with van der Waals surface area (Å²) in [6.07, 6.45) is 3.40. The fraction of sp³-hybridized carbons (Fsp3) is 0.250. The van der Waals surface area contributed by atoms with Crippen LogP contribution in [-0.4, -0.2) is 43.5 Å². The maximum Gasteiger partial charge on any atom is 0.253 e. The molecule has 2 aromatic carbocycles. The van der Waals surface area contributed by atoms with Crippen LogP contribution in [0, 0.1) is 12.7 Å². The Balaban J connectivity index is 1.37. The maximum atomic E-state index is 13.3. The van der Waals surface area contributed by atoms with Crippen molar-refractivity contribution in [3.8, 4) is 11.1 Å². The molecule has 0 bridgehead atoms. The Bertz CT molecular complexity index is 1300. The Morgan fingerprint density at radius 1 is 1.16 bits per heavy atom. The van der Waals surface area contributed by atoms with Gasteiger partial charge in [-0.15, -0.1) is 0 Å². The molecule has 0 saturated carbocycles. The number of hydrogen-bond acceptors (Lipinski definition) is 4. The minimum atomic E-state index is -0.377. The van der Waals surface area contributed by atoms with E-state index >= 15 is 0 Å². The van der Waals surface area contributed by atoms with Gasteiger partial charge in [0.05, 0.1) is 10.7 Å². The van der Waals surface area contributed by atoms with Crippen molar-refractivity contribution in [2.75, 3.05) is 13.1 Å². The van der Waals surface area contributed by atoms with Crippen LogP contribution in [0.4, 0.5) is 4.39 Å². The predicted molar refractivity (Wildman–Crippen MR) is 120 cm³/mol. The Morgan fingerprint density at radius 2 is 1.97 bits per heavy atom. The second-order valence-corrected chi connectivity index (χ2v) is 8.49. The van der Waals surface area contributed by atoms with Gasteiger partial charge in [0.2, 0.25) is 0 Å². The molecule has 4 aromatic rings. The average Bonchev–Trinajstić information content (AvgIpc) is 3.27. The van der Waals surface area contributed by atoms with E-state index in [0.29, 0.717) is 29.5 Å². The van der Waals surface area contributed by atoms with Crippen LogP contribution in [0.2, 0.25) is 5.02 Å². The molecule has 0 aliphatic carbocycles. The number of likely N-dealkylation sites (tertiary alicyclic amines) is 1. The SMILES string of the molecule is Cc1cc(C2CCCN(C(=O)c3ccc(-c4ccc(F)cc4Cl)cc3)C2)n2ncnc2n1. The molecular weight excluding hydrogens is 429 g/mol. The normalized spacial score (nSPS) is 16.5. The van der Waals surface area contributed by atoms with E-state index in [9.17, 15) is 9.18 Å². The summed E-state index contributed by atoms with van der Waals surface area (Å²) in [7, 11) is 0. The van der Waals surface area contributed by atoms with Gasteiger partial charge in [0.15, 0.2) is 0 Å². The number of aromatic nitrogens is 4. The Morgan fingerprint density at radius 3 is 2.75 bits per heavy atom. The van der Waals surface area contributed by atoms with Crippen molar-refractivity contribution in [3.05, 3.63) is 82.6 Å². The van der Waals surface area contributed by atoms with Gasteiger partial charge in [-0.2, -0.15) is 10.1 Å². The monoisotopic (exact) mass is 449 g/mol. The predicted octanol–water partition coefficient (Wildman–Crippen LogP) is 4.91. The van der Waals surface area contributed by atoms with Crippen LogP contribution >= 0.6 is 11.6 Å². The first-order valence-corrected chi connectivity index (χ1v) is 10.9. The first-order valence-electron chi connectivity index (χ1n) is 10.5. The van der Waals surface area contributed by atoms with Crippen molar-refractivity contribution < 1.29 is 9.18 Å². The smallest absolute Gasteiger partial charge is 0.253 e. The van der Waals surface area contributed by atoms with Crippen LogP contribution in [-0.2, 0) is 0 Å². The lowest BCUT2D eigenvalue weighted by Crippen LogP contribution is -2.39. The number of carbonyl (C=O) groups is 1. The lowest BCUT2D eigenvalue weighted by molar-refractivity contribution is 0.0705. The molecule has 162 valence electrons. The zero-order chi connectivity index (χ0) is 22.2. The van der Waals surface area contributed by atoms with Crippen molar-refractivity contribution in [2.45, 2.75) is 25.7 Å². The number of rotatable bonds is 3. The van der Waals surface area contributed by atoms with Gasteiger partial charge in [0.1, 0.15) is 12.1 Å². The summed E-state index contributed by atoms with van der Waals surface area (Å²) in [5.41, 5.74) is 4.10. The van der Waals surface area contributed by atoms with Crippen LogP contribution in [0.3, 0.4) is 0 Å². The van der Waals surface area contributed by atoms with Crippen molar-refractivity contribution in [3.63, 3.8) is 0 Å². The molecule has 8 heteroatoms. The summed E-state index contributed by atoms with van der Waals surface area (Å²) < 4.78 is 15.1. The summed E-state index contributed by atoms with van der Waals surface area (Å²) in [6, 6.07) is 13.6. The highest BCUT2D eigenvalue weighted by molar-refractivity contribution is 6.33. The van der Waals surface area contributed by atoms with Crippen LogP contribution in [0.1, 0.15) is 40.5 Å². The maximum absolute atomic E-state index is 13.3. The molecule has 6 nitrogen and oxygen atoms in total. The first kappa shape index (κ1) is 20.6. The second-order valence-electron chi connectivity index (χ2n) is 8.09. The second kappa shape index (κ2) is 8.31. The number of nitrogens with zero attached hydrogens (tertiary/aromatic N) is 5. The molecule has 1 fully saturated rings. The minimum Gasteiger partial charge on any atom is -0.338 e. The number of fused-ring (bicyclic) bond motifs is 1. The third-order valence-electron chi connectivity index (χ3n) is 5.91. The molecule has 1 amide bonds. The number of amides is 1. The lowest BCUT2D eigenvalue weighted by Gasteiger charge is -2.33. The quantitative estimate of drug-likeness (QED) is 0.445. The summed E-state index contributed by atoms with van der Waals surface area (Å²) in [5.74, 6) is 0.360. The van der Waals surface area contributed by atoms with Crippen LogP contribution in [0.15, 0.2) is 54.9 Å². The van der Waals surface area contributed by atoms with Crippen molar-refractivity contribution in [1.82, 2.24) is 24.5 Å². The molecule has 0 spiro atoms. The number of piperidine rings is 1. The number of benzene rings is 2. The van der Waals surface area contributed by atoms with Crippen LogP contribution in [0.25, 0.3) is 16.9 Å². The number of aryl methyl sites for hydroxylation is 1. The van der Waals surface area contributed by atoms with E-state index in [2.05, 4.69) is 15.1 Å². The third-order valence-corrected chi connectivity index (χ3v) is 6.22. The minimum absolute atomic E-state index is 0.00735. The van der Waals surface area contributed by atoms with E-state index < -0.39 is 0 Å². The molecule has 0 N–H and O–H groups in total. The fourth-order valence-corrected chi connectivity index (χ4v) is 4.63. The van der Waals surface area contributed by atoms with Crippen LogP contribution in [0.5, 0.6) is 0 Å². The van der Waals surface area contributed by atoms with Crippen molar-refractivity contribution in [1.29, 1.82) is 0 Å². The molecule has 32 heavy (non-hydrogen) atoms. The van der Waals surface area contributed by atoms with Gasteiger partial charge in [0.25, 0.3) is 11.7 Å². The van der Waals surface area contributed by atoms with E-state index in [0.717, 1.165) is 35.4 Å². The van der Waals surface area contributed by atoms with Gasteiger partial charge in [-0.3, -0.25) is 4.79 Å². The van der Waals surface area contributed by atoms with E-state index in [4.69, 9.17) is 11.6 Å². The van der Waals surface area contributed by atoms with E-state index in [-0.39, 0.29) is 17.6 Å². The van der Waals surface area contributed by atoms with Gasteiger partial charge in [-0.25, -0.2) is 13.9 Å². The van der Waals surface area contributed by atoms with Gasteiger partial charge in [-0.1, -0.05) is 23.7 Å². The molecule has 3 heterocycles. The number of halogens is 2. The molecular formula is C24H21ClFN5O. The van der Waals surface area contributed by atoms with Gasteiger partial charge < -0.3 is 4.90 Å². The molecule has 1 aliphatic rings. The summed E-state index contributed by atoms with van der Waals surface area (Å²) in [5, 5.41) is 4.66. The van der Waals surface area contributed by atoms with Crippen molar-refractivity contribution in [2.24, 2.45) is 0 Å². The largest absolute Gasteiger partial charge is 0.338 e. The topological polar surface area (TPSA) is 63.4 Å². The molecule has 1 aliphatic heterocycles. The summed E-state index contributed by atoms with van der Waals surface area (Å²) in [4.78, 5) is 23.7. The summed E-state index contributed by atoms with van der Waals surface area (Å²) in [6.45, 7) is 3.27. The molecule has 1 saturated heterocycles. The molecule has 0 radical (unpaired) electrons. The van der Waals surface area contributed by atoms with Gasteiger partial charge >= 0.3 is 0 Å². The zero-order valence-electron chi connectivity index (χ0n) is 17.5. The van der Waals surface area contributed by atoms with E-state index in [1.165, 1.54) is 18.5 Å². The number of hydrogen-bond donors (Lipinski definition) is 0. The highest BCUT2D eigenvalue weighted by Crippen LogP contribution is 2.30.